The molecule has 0 radical (unpaired) electrons. The third-order valence-corrected chi connectivity index (χ3v) is 11.0. The lowest BCUT2D eigenvalue weighted by Gasteiger charge is -2.40. The summed E-state index contributed by atoms with van der Waals surface area (Å²) in [5.74, 6) is -0.280. The molecule has 9 heteroatoms. The van der Waals surface area contributed by atoms with Gasteiger partial charge < -0.3 is 40.3 Å². The molecule has 1 amide bonds. The molecule has 6 N–H and O–H groups in total. The van der Waals surface area contributed by atoms with Gasteiger partial charge in [-0.1, -0.05) is 192 Å². The van der Waals surface area contributed by atoms with E-state index >= 15 is 0 Å². The Bertz CT molecular complexity index is 972. The Morgan fingerprint density at radius 1 is 0.589 bits per heavy atom. The summed E-state index contributed by atoms with van der Waals surface area (Å²) in [7, 11) is 0. The molecule has 56 heavy (non-hydrogen) atoms. The highest BCUT2D eigenvalue weighted by Crippen LogP contribution is 2.22. The van der Waals surface area contributed by atoms with Gasteiger partial charge in [0.25, 0.3) is 0 Å². The fourth-order valence-electron chi connectivity index (χ4n) is 7.21. The second-order valence-corrected chi connectivity index (χ2v) is 16.1. The first-order valence-electron chi connectivity index (χ1n) is 23.2. The average Bonchev–Trinajstić information content (AvgIpc) is 3.20. The highest BCUT2D eigenvalue weighted by molar-refractivity contribution is 5.75. The molecule has 0 saturated carbocycles. The van der Waals surface area contributed by atoms with Gasteiger partial charge in [0.1, 0.15) is 24.4 Å². The fourth-order valence-corrected chi connectivity index (χ4v) is 7.21. The second-order valence-electron chi connectivity index (χ2n) is 16.1. The van der Waals surface area contributed by atoms with E-state index in [0.717, 1.165) is 25.7 Å². The van der Waals surface area contributed by atoms with Crippen LogP contribution in [0.1, 0.15) is 200 Å². The van der Waals surface area contributed by atoms with Gasteiger partial charge in [0.2, 0.25) is 5.91 Å². The van der Waals surface area contributed by atoms with E-state index in [1.807, 2.05) is 6.08 Å². The molecule has 0 aromatic heterocycles. The van der Waals surface area contributed by atoms with Gasteiger partial charge >= 0.3 is 0 Å². The number of carbonyl (C=O) groups excluding carboxylic acids is 1. The van der Waals surface area contributed by atoms with Crippen LogP contribution < -0.4 is 5.32 Å². The molecule has 1 rings (SSSR count). The summed E-state index contributed by atoms with van der Waals surface area (Å²) in [4.78, 5) is 12.1. The summed E-state index contributed by atoms with van der Waals surface area (Å²) in [5, 5.41) is 53.0. The summed E-state index contributed by atoms with van der Waals surface area (Å²) < 4.78 is 10.9. The van der Waals surface area contributed by atoms with Gasteiger partial charge in [0.15, 0.2) is 6.29 Å². The Labute approximate surface area is 342 Å². The van der Waals surface area contributed by atoms with E-state index in [-0.39, 0.29) is 18.9 Å². The molecule has 7 atom stereocenters. The Morgan fingerprint density at radius 3 is 1.43 bits per heavy atom. The van der Waals surface area contributed by atoms with Gasteiger partial charge in [-0.25, -0.2) is 0 Å². The van der Waals surface area contributed by atoms with Crippen molar-refractivity contribution in [3.8, 4) is 0 Å². The first kappa shape index (κ1) is 52.4. The van der Waals surface area contributed by atoms with Gasteiger partial charge in [0.05, 0.1) is 25.4 Å². The number of nitrogens with one attached hydrogen (secondary N) is 1. The van der Waals surface area contributed by atoms with Crippen LogP contribution in [0.15, 0.2) is 36.5 Å². The maximum atomic E-state index is 12.1. The van der Waals surface area contributed by atoms with E-state index in [4.69, 9.17) is 9.47 Å². The zero-order valence-corrected chi connectivity index (χ0v) is 35.9. The minimum atomic E-state index is -1.57. The van der Waals surface area contributed by atoms with Crippen LogP contribution in [0.25, 0.3) is 0 Å². The summed E-state index contributed by atoms with van der Waals surface area (Å²) in [6.07, 6.45) is 41.9. The third kappa shape index (κ3) is 27.9. The van der Waals surface area contributed by atoms with E-state index in [9.17, 15) is 30.3 Å². The first-order valence-corrected chi connectivity index (χ1v) is 23.2. The second kappa shape index (κ2) is 37.7. The van der Waals surface area contributed by atoms with Crippen LogP contribution in [0.5, 0.6) is 0 Å². The topological polar surface area (TPSA) is 149 Å². The molecule has 9 nitrogen and oxygen atoms in total. The minimum absolute atomic E-state index is 0.215. The molecular formula is C47H87NO8. The number of allylic oxidation sites excluding steroid dienone is 5. The summed E-state index contributed by atoms with van der Waals surface area (Å²) in [6.45, 7) is 3.20. The van der Waals surface area contributed by atoms with Crippen molar-refractivity contribution in [1.82, 2.24) is 5.32 Å². The minimum Gasteiger partial charge on any atom is -0.394 e. The molecule has 0 aromatic rings. The van der Waals surface area contributed by atoms with Crippen molar-refractivity contribution in [3.63, 3.8) is 0 Å². The number of aliphatic hydroxyl groups is 5. The van der Waals surface area contributed by atoms with Crippen LogP contribution in [0.4, 0.5) is 0 Å². The predicted molar refractivity (Wildman–Crippen MR) is 230 cm³/mol. The van der Waals surface area contributed by atoms with E-state index in [1.165, 1.54) is 154 Å². The number of ether oxygens (including phenoxy) is 2. The number of carbonyl (C=O) groups is 1. The molecule has 328 valence electrons. The number of aliphatic hydroxyl groups excluding tert-OH is 5. The molecule has 1 aliphatic heterocycles. The first-order chi connectivity index (χ1) is 27.3. The van der Waals surface area contributed by atoms with Gasteiger partial charge in [-0.2, -0.15) is 0 Å². The van der Waals surface area contributed by atoms with Gasteiger partial charge in [0, 0.05) is 6.42 Å². The Balaban J connectivity index is 1.97. The van der Waals surface area contributed by atoms with E-state index in [1.54, 1.807) is 13.0 Å². The number of amides is 1. The molecule has 0 aromatic carbocycles. The Kier molecular flexibility index (Phi) is 35.3. The van der Waals surface area contributed by atoms with E-state index in [2.05, 4.69) is 36.5 Å². The standard InChI is InChI=1S/C47H87NO8/c1-3-5-6-7-8-9-10-11-12-13-14-15-16-17-18-19-20-21-22-23-24-25-26-27-28-29-30-31-32-33-34-35-36-37-41(50)40(48-43(51)4-2)39-55-47-46(54)45(53)44(52)42(38-49)56-47/h28-29,32-33,36-37,40-42,44-47,49-50,52-54H,3-27,30-31,34-35,38-39H2,1-2H3,(H,48,51)/b29-28+,33-32+,37-36+. The summed E-state index contributed by atoms with van der Waals surface area (Å²) in [6, 6.07) is -0.822. The smallest absolute Gasteiger partial charge is 0.220 e. The lowest BCUT2D eigenvalue weighted by Crippen LogP contribution is -2.60. The normalized spacial score (nSPS) is 21.4. The van der Waals surface area contributed by atoms with E-state index in [0.29, 0.717) is 0 Å². The third-order valence-electron chi connectivity index (χ3n) is 11.0. The van der Waals surface area contributed by atoms with Gasteiger partial charge in [-0.05, 0) is 38.5 Å². The SMILES string of the molecule is CCCCCCCCCCCCCCCCCCCCCCCCC/C=C/CC/C=C/CC/C=C/C(O)C(COC1OC(CO)C(O)C(O)C1O)NC(=O)CC. The Morgan fingerprint density at radius 2 is 1.00 bits per heavy atom. The predicted octanol–water partition coefficient (Wildman–Crippen LogP) is 9.67. The zero-order valence-electron chi connectivity index (χ0n) is 35.9. The number of hydrogen-bond donors (Lipinski definition) is 6. The summed E-state index contributed by atoms with van der Waals surface area (Å²) in [5.41, 5.74) is 0. The molecule has 7 unspecified atom stereocenters. The monoisotopic (exact) mass is 794 g/mol. The van der Waals surface area contributed by atoms with E-state index < -0.39 is 49.5 Å². The van der Waals surface area contributed by atoms with Crippen molar-refractivity contribution in [2.24, 2.45) is 0 Å². The van der Waals surface area contributed by atoms with Crippen molar-refractivity contribution in [2.45, 2.75) is 243 Å². The molecule has 1 heterocycles. The van der Waals surface area contributed by atoms with Crippen LogP contribution >= 0.6 is 0 Å². The number of hydrogen-bond acceptors (Lipinski definition) is 8. The van der Waals surface area contributed by atoms with Gasteiger partial charge in [-0.3, -0.25) is 4.79 Å². The van der Waals surface area contributed by atoms with Crippen molar-refractivity contribution in [2.75, 3.05) is 13.2 Å². The lowest BCUT2D eigenvalue weighted by atomic mass is 9.99. The van der Waals surface area contributed by atoms with Crippen molar-refractivity contribution in [3.05, 3.63) is 36.5 Å². The van der Waals surface area contributed by atoms with Crippen molar-refractivity contribution >= 4 is 5.91 Å². The molecule has 1 fully saturated rings. The summed E-state index contributed by atoms with van der Waals surface area (Å²) >= 11 is 0. The van der Waals surface area contributed by atoms with Crippen LogP contribution in [0.2, 0.25) is 0 Å². The molecule has 1 saturated heterocycles. The largest absolute Gasteiger partial charge is 0.394 e. The molecular weight excluding hydrogens is 707 g/mol. The van der Waals surface area contributed by atoms with Gasteiger partial charge in [-0.15, -0.1) is 0 Å². The maximum absolute atomic E-state index is 12.1. The fraction of sp³-hybridized carbons (Fsp3) is 0.851. The van der Waals surface area contributed by atoms with Crippen LogP contribution in [0.3, 0.4) is 0 Å². The van der Waals surface area contributed by atoms with Crippen LogP contribution in [-0.4, -0.2) is 87.5 Å². The molecule has 0 bridgehead atoms. The Hall–Kier alpha value is -1.59. The quantitative estimate of drug-likeness (QED) is 0.0268. The zero-order chi connectivity index (χ0) is 40.9. The van der Waals surface area contributed by atoms with Crippen molar-refractivity contribution < 1.29 is 39.8 Å². The lowest BCUT2D eigenvalue weighted by molar-refractivity contribution is -0.302. The van der Waals surface area contributed by atoms with Crippen LogP contribution in [0, 0.1) is 0 Å². The number of unbranched alkanes of at least 4 members (excludes halogenated alkanes) is 25. The maximum Gasteiger partial charge on any atom is 0.220 e. The molecule has 1 aliphatic rings. The molecule has 0 spiro atoms. The highest BCUT2D eigenvalue weighted by Gasteiger charge is 2.44. The highest BCUT2D eigenvalue weighted by atomic mass is 16.7. The average molecular weight is 794 g/mol. The van der Waals surface area contributed by atoms with Crippen LogP contribution in [-0.2, 0) is 14.3 Å². The number of rotatable bonds is 38. The molecule has 0 aliphatic carbocycles. The van der Waals surface area contributed by atoms with Crippen molar-refractivity contribution in [1.29, 1.82) is 0 Å².